The molecule has 1 rings (SSSR count). The molecule has 0 aromatic rings. The first-order valence-electron chi connectivity index (χ1n) is 3.54. The Morgan fingerprint density at radius 2 is 1.90 bits per heavy atom. The Bertz CT molecular complexity index is 108. The quantitative estimate of drug-likeness (QED) is 0.516. The third-order valence-electron chi connectivity index (χ3n) is 1.69. The standard InChI is InChI=1S/C7H14N2O/c1-3-10-9-6-4-8(2)5-7-9/h3H,1,4-7H2,2H3. The molecule has 1 aliphatic heterocycles. The Kier molecular flexibility index (Phi) is 2.71. The number of likely N-dealkylation sites (N-methyl/N-ethyl adjacent to an activating group) is 1. The molecule has 58 valence electrons. The number of hydrogen-bond acceptors (Lipinski definition) is 3. The molecule has 3 nitrogen and oxygen atoms in total. The van der Waals surface area contributed by atoms with Gasteiger partial charge in [-0.1, -0.05) is 6.58 Å². The van der Waals surface area contributed by atoms with Gasteiger partial charge in [-0.15, -0.1) is 5.06 Å². The number of hydroxylamine groups is 2. The second kappa shape index (κ2) is 3.58. The van der Waals surface area contributed by atoms with Gasteiger partial charge in [0.15, 0.2) is 0 Å². The van der Waals surface area contributed by atoms with E-state index in [1.807, 2.05) is 5.06 Å². The van der Waals surface area contributed by atoms with E-state index in [0.29, 0.717) is 0 Å². The smallest absolute Gasteiger partial charge is 0.104 e. The minimum Gasteiger partial charge on any atom is -0.414 e. The van der Waals surface area contributed by atoms with Crippen molar-refractivity contribution < 1.29 is 4.84 Å². The third-order valence-corrected chi connectivity index (χ3v) is 1.69. The average Bonchev–Trinajstić information content (AvgIpc) is 1.95. The molecule has 0 aromatic carbocycles. The highest BCUT2D eigenvalue weighted by Crippen LogP contribution is 1.98. The number of nitrogens with zero attached hydrogens (tertiary/aromatic N) is 2. The van der Waals surface area contributed by atoms with Gasteiger partial charge in [0, 0.05) is 26.2 Å². The Morgan fingerprint density at radius 3 is 2.40 bits per heavy atom. The highest BCUT2D eigenvalue weighted by atomic mass is 16.7. The molecule has 1 saturated heterocycles. The largest absolute Gasteiger partial charge is 0.414 e. The molecule has 0 bridgehead atoms. The van der Waals surface area contributed by atoms with E-state index in [4.69, 9.17) is 4.84 Å². The number of rotatable bonds is 2. The van der Waals surface area contributed by atoms with Crippen molar-refractivity contribution in [1.29, 1.82) is 0 Å². The Balaban J connectivity index is 2.19. The lowest BCUT2D eigenvalue weighted by Gasteiger charge is -2.30. The molecule has 0 unspecified atom stereocenters. The van der Waals surface area contributed by atoms with Crippen LogP contribution in [0.2, 0.25) is 0 Å². The normalized spacial score (nSPS) is 22.5. The van der Waals surface area contributed by atoms with Gasteiger partial charge >= 0.3 is 0 Å². The van der Waals surface area contributed by atoms with Crippen LogP contribution in [0.4, 0.5) is 0 Å². The van der Waals surface area contributed by atoms with Gasteiger partial charge in [0.05, 0.1) is 0 Å². The maximum atomic E-state index is 5.10. The Hall–Kier alpha value is -0.540. The molecular weight excluding hydrogens is 128 g/mol. The van der Waals surface area contributed by atoms with Crippen molar-refractivity contribution in [2.75, 3.05) is 33.2 Å². The molecule has 10 heavy (non-hydrogen) atoms. The zero-order valence-corrected chi connectivity index (χ0v) is 6.42. The van der Waals surface area contributed by atoms with Crippen molar-refractivity contribution in [1.82, 2.24) is 9.96 Å². The number of piperazine rings is 1. The summed E-state index contributed by atoms with van der Waals surface area (Å²) in [6, 6.07) is 0. The molecule has 0 spiro atoms. The van der Waals surface area contributed by atoms with Crippen LogP contribution < -0.4 is 0 Å². The fraction of sp³-hybridized carbons (Fsp3) is 0.714. The summed E-state index contributed by atoms with van der Waals surface area (Å²) in [5.41, 5.74) is 0. The zero-order valence-electron chi connectivity index (χ0n) is 6.42. The molecule has 0 amide bonds. The van der Waals surface area contributed by atoms with Crippen LogP contribution in [0.15, 0.2) is 12.8 Å². The van der Waals surface area contributed by atoms with Gasteiger partial charge in [0.1, 0.15) is 6.26 Å². The molecule has 1 heterocycles. The van der Waals surface area contributed by atoms with E-state index < -0.39 is 0 Å². The SMILES string of the molecule is C=CON1CCN(C)CC1. The van der Waals surface area contributed by atoms with Gasteiger partial charge in [0.25, 0.3) is 0 Å². The zero-order chi connectivity index (χ0) is 7.40. The molecule has 0 aliphatic carbocycles. The highest BCUT2D eigenvalue weighted by Gasteiger charge is 2.12. The van der Waals surface area contributed by atoms with E-state index in [0.717, 1.165) is 26.2 Å². The van der Waals surface area contributed by atoms with Crippen LogP contribution in [0.5, 0.6) is 0 Å². The van der Waals surface area contributed by atoms with Gasteiger partial charge in [-0.05, 0) is 7.05 Å². The molecule has 0 N–H and O–H groups in total. The maximum absolute atomic E-state index is 5.10. The minimum absolute atomic E-state index is 0.975. The molecular formula is C7H14N2O. The van der Waals surface area contributed by atoms with Crippen molar-refractivity contribution in [2.45, 2.75) is 0 Å². The fourth-order valence-electron chi connectivity index (χ4n) is 0.999. The summed E-state index contributed by atoms with van der Waals surface area (Å²) < 4.78 is 0. The predicted octanol–water partition coefficient (Wildman–Crippen LogP) is 0.309. The predicted molar refractivity (Wildman–Crippen MR) is 40.4 cm³/mol. The lowest BCUT2D eigenvalue weighted by Crippen LogP contribution is -2.43. The van der Waals surface area contributed by atoms with Crippen LogP contribution in [0.25, 0.3) is 0 Å². The van der Waals surface area contributed by atoms with Gasteiger partial charge in [-0.3, -0.25) is 0 Å². The second-order valence-corrected chi connectivity index (χ2v) is 2.50. The highest BCUT2D eigenvalue weighted by molar-refractivity contribution is 4.64. The van der Waals surface area contributed by atoms with E-state index in [1.54, 1.807) is 0 Å². The van der Waals surface area contributed by atoms with E-state index >= 15 is 0 Å². The molecule has 3 heteroatoms. The van der Waals surface area contributed by atoms with Crippen molar-refractivity contribution in [3.8, 4) is 0 Å². The van der Waals surface area contributed by atoms with Crippen molar-refractivity contribution in [2.24, 2.45) is 0 Å². The number of hydrogen-bond donors (Lipinski definition) is 0. The molecule has 1 fully saturated rings. The summed E-state index contributed by atoms with van der Waals surface area (Å²) in [4.78, 5) is 7.38. The van der Waals surface area contributed by atoms with Crippen LogP contribution in [0.1, 0.15) is 0 Å². The molecule has 0 saturated carbocycles. The van der Waals surface area contributed by atoms with Crippen molar-refractivity contribution in [3.63, 3.8) is 0 Å². The summed E-state index contributed by atoms with van der Waals surface area (Å²) in [5.74, 6) is 0. The summed E-state index contributed by atoms with van der Waals surface area (Å²) in [6.45, 7) is 7.60. The van der Waals surface area contributed by atoms with E-state index in [1.165, 1.54) is 6.26 Å². The van der Waals surface area contributed by atoms with E-state index in [-0.39, 0.29) is 0 Å². The topological polar surface area (TPSA) is 15.7 Å². The monoisotopic (exact) mass is 142 g/mol. The first-order valence-corrected chi connectivity index (χ1v) is 3.54. The summed E-state index contributed by atoms with van der Waals surface area (Å²) >= 11 is 0. The summed E-state index contributed by atoms with van der Waals surface area (Å²) in [5, 5.41) is 1.92. The van der Waals surface area contributed by atoms with Gasteiger partial charge in [0.2, 0.25) is 0 Å². The van der Waals surface area contributed by atoms with Crippen LogP contribution in [0.3, 0.4) is 0 Å². The average molecular weight is 142 g/mol. The first-order chi connectivity index (χ1) is 4.83. The van der Waals surface area contributed by atoms with E-state index in [2.05, 4.69) is 18.5 Å². The third kappa shape index (κ3) is 2.01. The second-order valence-electron chi connectivity index (χ2n) is 2.50. The van der Waals surface area contributed by atoms with Crippen molar-refractivity contribution in [3.05, 3.63) is 12.8 Å². The lowest BCUT2D eigenvalue weighted by molar-refractivity contribution is -0.124. The lowest BCUT2D eigenvalue weighted by atomic mass is 10.4. The van der Waals surface area contributed by atoms with Crippen molar-refractivity contribution >= 4 is 0 Å². The van der Waals surface area contributed by atoms with Crippen LogP contribution in [0, 0.1) is 0 Å². The molecule has 0 radical (unpaired) electrons. The molecule has 0 atom stereocenters. The van der Waals surface area contributed by atoms with Crippen LogP contribution >= 0.6 is 0 Å². The Morgan fingerprint density at radius 1 is 1.30 bits per heavy atom. The minimum atomic E-state index is 0.975. The van der Waals surface area contributed by atoms with Crippen LogP contribution in [-0.4, -0.2) is 43.2 Å². The van der Waals surface area contributed by atoms with E-state index in [9.17, 15) is 0 Å². The Labute approximate surface area is 61.8 Å². The van der Waals surface area contributed by atoms with Crippen LogP contribution in [-0.2, 0) is 4.84 Å². The summed E-state index contributed by atoms with van der Waals surface area (Å²) in [6.07, 6.45) is 1.48. The first kappa shape index (κ1) is 7.57. The van der Waals surface area contributed by atoms with Gasteiger partial charge in [-0.2, -0.15) is 0 Å². The molecule has 0 aromatic heterocycles. The van der Waals surface area contributed by atoms with Gasteiger partial charge in [-0.25, -0.2) is 0 Å². The van der Waals surface area contributed by atoms with Gasteiger partial charge < -0.3 is 9.74 Å². The maximum Gasteiger partial charge on any atom is 0.104 e. The molecule has 1 aliphatic rings. The fourth-order valence-corrected chi connectivity index (χ4v) is 0.999. The summed E-state index contributed by atoms with van der Waals surface area (Å²) in [7, 11) is 2.12.